The maximum atomic E-state index is 11.9. The van der Waals surface area contributed by atoms with E-state index in [0.717, 1.165) is 5.56 Å². The van der Waals surface area contributed by atoms with E-state index in [1.807, 2.05) is 12.1 Å². The number of pyridine rings is 1. The van der Waals surface area contributed by atoms with Crippen molar-refractivity contribution in [2.45, 2.75) is 6.54 Å². The zero-order valence-electron chi connectivity index (χ0n) is 10.1. The number of benzene rings is 1. The Kier molecular flexibility index (Phi) is 3.91. The number of ether oxygens (including phenoxy) is 1. The fraction of sp³-hybridized carbons (Fsp3) is 0.143. The molecule has 0 aliphatic rings. The Labute approximate surface area is 106 Å². The van der Waals surface area contributed by atoms with Gasteiger partial charge in [0.25, 0.3) is 5.91 Å². The van der Waals surface area contributed by atoms with Crippen LogP contribution in [0.15, 0.2) is 48.8 Å². The van der Waals surface area contributed by atoms with Crippen molar-refractivity contribution < 1.29 is 9.53 Å². The molecule has 4 heteroatoms. The second-order valence-corrected chi connectivity index (χ2v) is 3.77. The van der Waals surface area contributed by atoms with Gasteiger partial charge in [0.2, 0.25) is 0 Å². The Morgan fingerprint density at radius 3 is 2.78 bits per heavy atom. The number of rotatable bonds is 4. The summed E-state index contributed by atoms with van der Waals surface area (Å²) in [5, 5.41) is 2.84. The SMILES string of the molecule is COc1cccc(C(=O)NCc2ccncc2)c1. The van der Waals surface area contributed by atoms with Gasteiger partial charge in [-0.25, -0.2) is 0 Å². The summed E-state index contributed by atoms with van der Waals surface area (Å²) in [7, 11) is 1.58. The minimum atomic E-state index is -0.120. The van der Waals surface area contributed by atoms with Gasteiger partial charge in [0.15, 0.2) is 0 Å². The normalized spacial score (nSPS) is 9.83. The number of carbonyl (C=O) groups is 1. The summed E-state index contributed by atoms with van der Waals surface area (Å²) >= 11 is 0. The molecule has 0 saturated heterocycles. The number of hydrogen-bond donors (Lipinski definition) is 1. The van der Waals surface area contributed by atoms with E-state index in [-0.39, 0.29) is 5.91 Å². The number of nitrogens with zero attached hydrogens (tertiary/aromatic N) is 1. The third-order valence-corrected chi connectivity index (χ3v) is 2.53. The van der Waals surface area contributed by atoms with Crippen LogP contribution in [-0.2, 0) is 6.54 Å². The van der Waals surface area contributed by atoms with Crippen LogP contribution < -0.4 is 10.1 Å². The van der Waals surface area contributed by atoms with E-state index in [1.165, 1.54) is 0 Å². The molecule has 1 amide bonds. The Bertz CT molecular complexity index is 526. The molecule has 2 aromatic rings. The summed E-state index contributed by atoms with van der Waals surface area (Å²) in [6.45, 7) is 0.485. The van der Waals surface area contributed by atoms with Gasteiger partial charge in [-0.05, 0) is 35.9 Å². The summed E-state index contributed by atoms with van der Waals surface area (Å²) in [6, 6.07) is 10.8. The van der Waals surface area contributed by atoms with Gasteiger partial charge >= 0.3 is 0 Å². The molecule has 4 nitrogen and oxygen atoms in total. The highest BCUT2D eigenvalue weighted by molar-refractivity contribution is 5.94. The predicted molar refractivity (Wildman–Crippen MR) is 68.4 cm³/mol. The predicted octanol–water partition coefficient (Wildman–Crippen LogP) is 2.02. The summed E-state index contributed by atoms with van der Waals surface area (Å²) in [5.74, 6) is 0.553. The molecular weight excluding hydrogens is 228 g/mol. The van der Waals surface area contributed by atoms with E-state index in [0.29, 0.717) is 17.9 Å². The first kappa shape index (κ1) is 12.1. The number of aromatic nitrogens is 1. The van der Waals surface area contributed by atoms with Crippen LogP contribution in [0.4, 0.5) is 0 Å². The Morgan fingerprint density at radius 1 is 1.28 bits per heavy atom. The van der Waals surface area contributed by atoms with Crippen molar-refractivity contribution in [2.75, 3.05) is 7.11 Å². The smallest absolute Gasteiger partial charge is 0.251 e. The minimum absolute atomic E-state index is 0.120. The maximum Gasteiger partial charge on any atom is 0.251 e. The van der Waals surface area contributed by atoms with E-state index < -0.39 is 0 Å². The first-order valence-corrected chi connectivity index (χ1v) is 5.61. The van der Waals surface area contributed by atoms with Gasteiger partial charge < -0.3 is 10.1 Å². The van der Waals surface area contributed by atoms with Gasteiger partial charge in [-0.2, -0.15) is 0 Å². The average molecular weight is 242 g/mol. The highest BCUT2D eigenvalue weighted by atomic mass is 16.5. The van der Waals surface area contributed by atoms with Crippen LogP contribution in [-0.4, -0.2) is 18.0 Å². The highest BCUT2D eigenvalue weighted by Crippen LogP contribution is 2.12. The summed E-state index contributed by atoms with van der Waals surface area (Å²) in [4.78, 5) is 15.8. The Balaban J connectivity index is 1.99. The topological polar surface area (TPSA) is 51.2 Å². The second-order valence-electron chi connectivity index (χ2n) is 3.77. The van der Waals surface area contributed by atoms with Gasteiger partial charge in [0.1, 0.15) is 5.75 Å². The van der Waals surface area contributed by atoms with Crippen LogP contribution in [0.3, 0.4) is 0 Å². The van der Waals surface area contributed by atoms with E-state index in [2.05, 4.69) is 10.3 Å². The average Bonchev–Trinajstić information content (AvgIpc) is 2.46. The first-order chi connectivity index (χ1) is 8.79. The third kappa shape index (κ3) is 3.07. The Hall–Kier alpha value is -2.36. The van der Waals surface area contributed by atoms with Crippen LogP contribution in [0.25, 0.3) is 0 Å². The van der Waals surface area contributed by atoms with Crippen LogP contribution in [0.1, 0.15) is 15.9 Å². The molecule has 0 saturated carbocycles. The number of carbonyl (C=O) groups excluding carboxylic acids is 1. The molecule has 18 heavy (non-hydrogen) atoms. The van der Waals surface area contributed by atoms with Crippen LogP contribution in [0.2, 0.25) is 0 Å². The zero-order valence-corrected chi connectivity index (χ0v) is 10.1. The first-order valence-electron chi connectivity index (χ1n) is 5.61. The fourth-order valence-corrected chi connectivity index (χ4v) is 1.55. The van der Waals surface area contributed by atoms with Crippen molar-refractivity contribution in [3.05, 3.63) is 59.9 Å². The van der Waals surface area contributed by atoms with Gasteiger partial charge in [0, 0.05) is 24.5 Å². The van der Waals surface area contributed by atoms with Gasteiger partial charge in [-0.3, -0.25) is 9.78 Å². The molecule has 1 heterocycles. The van der Waals surface area contributed by atoms with E-state index >= 15 is 0 Å². The molecule has 0 aliphatic heterocycles. The summed E-state index contributed by atoms with van der Waals surface area (Å²) in [6.07, 6.45) is 3.40. The van der Waals surface area contributed by atoms with Crippen molar-refractivity contribution in [2.24, 2.45) is 0 Å². The molecule has 0 radical (unpaired) electrons. The van der Waals surface area contributed by atoms with Crippen molar-refractivity contribution in [3.8, 4) is 5.75 Å². The molecule has 1 aromatic carbocycles. The number of hydrogen-bond acceptors (Lipinski definition) is 3. The van der Waals surface area contributed by atoms with E-state index in [4.69, 9.17) is 4.74 Å². The van der Waals surface area contributed by atoms with Crippen molar-refractivity contribution in [3.63, 3.8) is 0 Å². The van der Waals surface area contributed by atoms with Gasteiger partial charge in [0.05, 0.1) is 7.11 Å². The van der Waals surface area contributed by atoms with Crippen LogP contribution in [0.5, 0.6) is 5.75 Å². The molecule has 0 fully saturated rings. The molecular formula is C14H14N2O2. The van der Waals surface area contributed by atoms with Crippen molar-refractivity contribution in [1.29, 1.82) is 0 Å². The third-order valence-electron chi connectivity index (χ3n) is 2.53. The minimum Gasteiger partial charge on any atom is -0.497 e. The summed E-state index contributed by atoms with van der Waals surface area (Å²) < 4.78 is 5.08. The quantitative estimate of drug-likeness (QED) is 0.892. The van der Waals surface area contributed by atoms with E-state index in [9.17, 15) is 4.79 Å². The molecule has 0 atom stereocenters. The number of amides is 1. The maximum absolute atomic E-state index is 11.9. The second kappa shape index (κ2) is 5.82. The lowest BCUT2D eigenvalue weighted by Gasteiger charge is -2.06. The van der Waals surface area contributed by atoms with Gasteiger partial charge in [-0.15, -0.1) is 0 Å². The van der Waals surface area contributed by atoms with Crippen molar-refractivity contribution >= 4 is 5.91 Å². The number of methoxy groups -OCH3 is 1. The molecule has 0 bridgehead atoms. The van der Waals surface area contributed by atoms with E-state index in [1.54, 1.807) is 43.8 Å². The molecule has 0 aliphatic carbocycles. The molecule has 2 rings (SSSR count). The molecule has 92 valence electrons. The molecule has 1 N–H and O–H groups in total. The lowest BCUT2D eigenvalue weighted by Crippen LogP contribution is -2.22. The summed E-state index contributed by atoms with van der Waals surface area (Å²) in [5.41, 5.74) is 1.60. The standard InChI is InChI=1S/C14H14N2O2/c1-18-13-4-2-3-12(9-13)14(17)16-10-11-5-7-15-8-6-11/h2-9H,10H2,1H3,(H,16,17). The lowest BCUT2D eigenvalue weighted by atomic mass is 10.2. The zero-order chi connectivity index (χ0) is 12.8. The molecule has 1 aromatic heterocycles. The van der Waals surface area contributed by atoms with Gasteiger partial charge in [-0.1, -0.05) is 6.07 Å². The largest absolute Gasteiger partial charge is 0.497 e. The molecule has 0 spiro atoms. The van der Waals surface area contributed by atoms with Crippen LogP contribution >= 0.6 is 0 Å². The fourth-order valence-electron chi connectivity index (χ4n) is 1.55. The van der Waals surface area contributed by atoms with Crippen LogP contribution in [0, 0.1) is 0 Å². The number of nitrogens with one attached hydrogen (secondary N) is 1. The molecule has 0 unspecified atom stereocenters. The lowest BCUT2D eigenvalue weighted by molar-refractivity contribution is 0.0950. The van der Waals surface area contributed by atoms with Crippen molar-refractivity contribution in [1.82, 2.24) is 10.3 Å². The monoisotopic (exact) mass is 242 g/mol. The highest BCUT2D eigenvalue weighted by Gasteiger charge is 2.05. The Morgan fingerprint density at radius 2 is 2.06 bits per heavy atom.